The summed E-state index contributed by atoms with van der Waals surface area (Å²) in [6.45, 7) is 0. The molecule has 0 nitrogen and oxygen atoms in total. The number of alkyl halides is 1. The summed E-state index contributed by atoms with van der Waals surface area (Å²) >= 11 is 6.57. The predicted octanol–water partition coefficient (Wildman–Crippen LogP) is 2.66. The average molecular weight is 169 g/mol. The van der Waals surface area contributed by atoms with Crippen LogP contribution in [0.3, 0.4) is 0 Å². The maximum absolute atomic E-state index is 6.57. The lowest BCUT2D eigenvalue weighted by molar-refractivity contribution is 0.139. The number of hydrogen-bond donors (Lipinski definition) is 0. The highest BCUT2D eigenvalue weighted by molar-refractivity contribution is 6.27. The first-order chi connectivity index (χ1) is 5.29. The van der Waals surface area contributed by atoms with Crippen molar-refractivity contribution in [2.24, 2.45) is 29.6 Å². The molecular formula is C10H13Cl. The van der Waals surface area contributed by atoms with E-state index in [4.69, 9.17) is 11.6 Å². The summed E-state index contributed by atoms with van der Waals surface area (Å²) in [7, 11) is 0. The fraction of sp³-hybridized carbons (Fsp3) is 1.00. The van der Waals surface area contributed by atoms with Gasteiger partial charge in [0.1, 0.15) is 0 Å². The first kappa shape index (κ1) is 5.85. The minimum Gasteiger partial charge on any atom is -0.119 e. The van der Waals surface area contributed by atoms with Crippen LogP contribution in [-0.4, -0.2) is 4.87 Å². The highest BCUT2D eigenvalue weighted by Gasteiger charge is 2.77. The largest absolute Gasteiger partial charge is 0.119 e. The lowest BCUT2D eigenvalue weighted by atomic mass is 9.67. The van der Waals surface area contributed by atoms with Crippen molar-refractivity contribution in [2.75, 3.05) is 0 Å². The van der Waals surface area contributed by atoms with Crippen LogP contribution in [0.5, 0.6) is 0 Å². The SMILES string of the molecule is ClC12CC3CC4CC(C3)C1C42. The quantitative estimate of drug-likeness (QED) is 0.488. The molecule has 0 amide bonds. The van der Waals surface area contributed by atoms with Gasteiger partial charge in [0, 0.05) is 0 Å². The van der Waals surface area contributed by atoms with Crippen molar-refractivity contribution in [1.29, 1.82) is 0 Å². The van der Waals surface area contributed by atoms with Crippen LogP contribution in [0.15, 0.2) is 0 Å². The summed E-state index contributed by atoms with van der Waals surface area (Å²) in [5, 5.41) is 0. The molecule has 0 radical (unpaired) electrons. The molecule has 0 N–H and O–H groups in total. The van der Waals surface area contributed by atoms with Gasteiger partial charge in [0.15, 0.2) is 0 Å². The van der Waals surface area contributed by atoms with Crippen LogP contribution in [-0.2, 0) is 0 Å². The molecule has 0 aromatic carbocycles. The van der Waals surface area contributed by atoms with E-state index < -0.39 is 0 Å². The molecule has 0 aromatic rings. The van der Waals surface area contributed by atoms with Crippen LogP contribution in [0.25, 0.3) is 0 Å². The zero-order valence-electron chi connectivity index (χ0n) is 6.59. The van der Waals surface area contributed by atoms with Gasteiger partial charge in [-0.3, -0.25) is 0 Å². The van der Waals surface area contributed by atoms with E-state index in [9.17, 15) is 0 Å². The predicted molar refractivity (Wildman–Crippen MR) is 44.5 cm³/mol. The average Bonchev–Trinajstić information content (AvgIpc) is 2.44. The van der Waals surface area contributed by atoms with E-state index in [1.165, 1.54) is 19.3 Å². The Hall–Kier alpha value is 0.290. The van der Waals surface area contributed by atoms with Crippen molar-refractivity contribution in [3.8, 4) is 0 Å². The Balaban J connectivity index is 1.89. The van der Waals surface area contributed by atoms with E-state index in [1.54, 1.807) is 6.42 Å². The molecule has 4 atom stereocenters. The van der Waals surface area contributed by atoms with Crippen molar-refractivity contribution >= 4 is 11.6 Å². The van der Waals surface area contributed by atoms with Gasteiger partial charge in [-0.05, 0) is 55.3 Å². The molecule has 5 aliphatic rings. The van der Waals surface area contributed by atoms with Gasteiger partial charge in [0.05, 0.1) is 4.87 Å². The Morgan fingerprint density at radius 2 is 1.64 bits per heavy atom. The minimum absolute atomic E-state index is 0.356. The van der Waals surface area contributed by atoms with Gasteiger partial charge in [-0.1, -0.05) is 0 Å². The smallest absolute Gasteiger partial charge is 0.0517 e. The third-order valence-electron chi connectivity index (χ3n) is 4.88. The van der Waals surface area contributed by atoms with Gasteiger partial charge in [0.25, 0.3) is 0 Å². The van der Waals surface area contributed by atoms with Gasteiger partial charge in [-0.15, -0.1) is 11.6 Å². The molecular weight excluding hydrogens is 156 g/mol. The molecule has 5 fully saturated rings. The molecule has 4 unspecified atom stereocenters. The molecule has 1 heteroatoms. The van der Waals surface area contributed by atoms with E-state index in [-0.39, 0.29) is 0 Å². The Labute approximate surface area is 72.3 Å². The molecule has 0 aromatic heterocycles. The molecule has 60 valence electrons. The zero-order valence-corrected chi connectivity index (χ0v) is 7.35. The molecule has 0 aliphatic heterocycles. The van der Waals surface area contributed by atoms with Gasteiger partial charge in [-0.2, -0.15) is 0 Å². The van der Waals surface area contributed by atoms with Crippen molar-refractivity contribution in [3.05, 3.63) is 0 Å². The molecule has 5 rings (SSSR count). The zero-order chi connectivity index (χ0) is 7.22. The summed E-state index contributed by atoms with van der Waals surface area (Å²) in [5.41, 5.74) is 0. The third-order valence-corrected chi connectivity index (χ3v) is 5.54. The monoisotopic (exact) mass is 168 g/mol. The molecule has 11 heavy (non-hydrogen) atoms. The van der Waals surface area contributed by atoms with Crippen molar-refractivity contribution < 1.29 is 0 Å². The fourth-order valence-electron chi connectivity index (χ4n) is 4.84. The molecule has 0 saturated heterocycles. The summed E-state index contributed by atoms with van der Waals surface area (Å²) in [6, 6.07) is 0. The summed E-state index contributed by atoms with van der Waals surface area (Å²) in [6.07, 6.45) is 5.98. The first-order valence-corrected chi connectivity index (χ1v) is 5.36. The minimum atomic E-state index is 0.356. The van der Waals surface area contributed by atoms with Crippen molar-refractivity contribution in [1.82, 2.24) is 0 Å². The lowest BCUT2D eigenvalue weighted by Crippen LogP contribution is -2.35. The van der Waals surface area contributed by atoms with E-state index >= 15 is 0 Å². The van der Waals surface area contributed by atoms with E-state index in [1.807, 2.05) is 0 Å². The van der Waals surface area contributed by atoms with Gasteiger partial charge >= 0.3 is 0 Å². The van der Waals surface area contributed by atoms with Gasteiger partial charge < -0.3 is 0 Å². The highest BCUT2D eigenvalue weighted by Crippen LogP contribution is 2.79. The van der Waals surface area contributed by atoms with E-state index in [0.29, 0.717) is 4.87 Å². The molecule has 5 saturated carbocycles. The van der Waals surface area contributed by atoms with Crippen LogP contribution in [0, 0.1) is 29.6 Å². The van der Waals surface area contributed by atoms with Crippen LogP contribution < -0.4 is 0 Å². The molecule has 5 aliphatic carbocycles. The second kappa shape index (κ2) is 1.39. The molecule has 0 spiro atoms. The maximum Gasteiger partial charge on any atom is 0.0517 e. The first-order valence-electron chi connectivity index (χ1n) is 4.98. The number of halogens is 1. The lowest BCUT2D eigenvalue weighted by Gasteiger charge is -2.41. The van der Waals surface area contributed by atoms with Crippen LogP contribution in [0.4, 0.5) is 0 Å². The fourth-order valence-corrected chi connectivity index (χ4v) is 5.62. The highest BCUT2D eigenvalue weighted by atomic mass is 35.5. The molecule has 0 heterocycles. The van der Waals surface area contributed by atoms with Crippen molar-refractivity contribution in [2.45, 2.75) is 30.6 Å². The van der Waals surface area contributed by atoms with Crippen LogP contribution >= 0.6 is 11.6 Å². The van der Waals surface area contributed by atoms with Crippen LogP contribution in [0.2, 0.25) is 0 Å². The number of hydrogen-bond acceptors (Lipinski definition) is 0. The van der Waals surface area contributed by atoms with Crippen molar-refractivity contribution in [3.63, 3.8) is 0 Å². The van der Waals surface area contributed by atoms with E-state index in [2.05, 4.69) is 0 Å². The second-order valence-corrected chi connectivity index (χ2v) is 5.98. The second-order valence-electron chi connectivity index (χ2n) is 5.28. The number of rotatable bonds is 0. The Morgan fingerprint density at radius 1 is 1.00 bits per heavy atom. The summed E-state index contributed by atoms with van der Waals surface area (Å²) < 4.78 is 0. The summed E-state index contributed by atoms with van der Waals surface area (Å²) in [5.74, 6) is 5.12. The third kappa shape index (κ3) is 0.458. The Bertz CT molecular complexity index is 217. The van der Waals surface area contributed by atoms with Gasteiger partial charge in [0.2, 0.25) is 0 Å². The topological polar surface area (TPSA) is 0 Å². The molecule has 4 bridgehead atoms. The maximum atomic E-state index is 6.57. The van der Waals surface area contributed by atoms with Gasteiger partial charge in [-0.25, -0.2) is 0 Å². The van der Waals surface area contributed by atoms with Crippen LogP contribution in [0.1, 0.15) is 25.7 Å². The van der Waals surface area contributed by atoms with E-state index in [0.717, 1.165) is 29.6 Å². The Morgan fingerprint density at radius 3 is 2.18 bits per heavy atom. The Kier molecular flexibility index (Phi) is 0.739. The normalized spacial score (nSPS) is 75.5. The summed E-state index contributed by atoms with van der Waals surface area (Å²) in [4.78, 5) is 0.356. The standard InChI is InChI=1S/C10H13Cl/c11-10-4-5-1-6-3-7(2-5)9(10)8(6)10/h5-9H,1-4H2.